The average molecular weight is 545 g/mol. The van der Waals surface area contributed by atoms with Gasteiger partial charge in [-0.2, -0.15) is 30.7 Å². The second kappa shape index (κ2) is 6.99. The summed E-state index contributed by atoms with van der Waals surface area (Å²) in [5, 5.41) is -6.47. The van der Waals surface area contributed by atoms with Gasteiger partial charge < -0.3 is 0 Å². The lowest BCUT2D eigenvalue weighted by Crippen LogP contribution is -2.56. The molecule has 0 spiro atoms. The first-order valence-corrected chi connectivity index (χ1v) is 9.69. The fourth-order valence-corrected chi connectivity index (χ4v) is 5.20. The Kier molecular flexibility index (Phi) is 5.72. The number of rotatable bonds is 4. The highest BCUT2D eigenvalue weighted by atomic mass is 79.9. The quantitative estimate of drug-likeness (QED) is 0.454. The Bertz CT molecular complexity index is 963. The zero-order valence-corrected chi connectivity index (χ0v) is 16.5. The van der Waals surface area contributed by atoms with Gasteiger partial charge in [0.25, 0.3) is 9.84 Å². The molecule has 0 N–H and O–H groups in total. The fourth-order valence-electron chi connectivity index (χ4n) is 1.99. The van der Waals surface area contributed by atoms with Gasteiger partial charge in [0.15, 0.2) is 0 Å². The second-order valence-corrected chi connectivity index (χ2v) is 8.80. The fraction of sp³-hybridized carbons (Fsp3) is 0.214. The van der Waals surface area contributed by atoms with Crippen LogP contribution in [-0.4, -0.2) is 30.8 Å². The summed E-state index contributed by atoms with van der Waals surface area (Å²) >= 11 is 5.69. The van der Waals surface area contributed by atoms with Crippen molar-refractivity contribution in [3.8, 4) is 11.3 Å². The van der Waals surface area contributed by atoms with Crippen LogP contribution in [0.15, 0.2) is 50.4 Å². The smallest absolute Gasteiger partial charge is 0.256 e. The normalized spacial score (nSPS) is 13.7. The number of benzene rings is 1. The molecule has 27 heavy (non-hydrogen) atoms. The number of pyridine rings is 1. The zero-order valence-electron chi connectivity index (χ0n) is 12.5. The standard InChI is InChI=1S/C14H6Br2F7NO2S/c15-7-5-8(16)11(9-3-1-2-4-24-9)10(6-7)27(25,26)14(22,23)12(17,18)13(19,20)21/h1-6H. The lowest BCUT2D eigenvalue weighted by molar-refractivity contribution is -0.332. The molecule has 148 valence electrons. The Morgan fingerprint density at radius 3 is 2.00 bits per heavy atom. The van der Waals surface area contributed by atoms with E-state index in [1.54, 1.807) is 0 Å². The minimum atomic E-state index is -6.82. The molecule has 2 rings (SSSR count). The molecule has 1 heterocycles. The number of hydrogen-bond donors (Lipinski definition) is 0. The first kappa shape index (κ1) is 22.1. The van der Waals surface area contributed by atoms with Crippen molar-refractivity contribution < 1.29 is 39.2 Å². The molecule has 0 fully saturated rings. The van der Waals surface area contributed by atoms with Crippen molar-refractivity contribution in [2.75, 3.05) is 0 Å². The van der Waals surface area contributed by atoms with E-state index < -0.39 is 37.6 Å². The third-order valence-electron chi connectivity index (χ3n) is 3.29. The van der Waals surface area contributed by atoms with Crippen molar-refractivity contribution in [1.82, 2.24) is 4.98 Å². The highest BCUT2D eigenvalue weighted by Gasteiger charge is 2.78. The van der Waals surface area contributed by atoms with E-state index in [1.807, 2.05) is 0 Å². The van der Waals surface area contributed by atoms with Crippen LogP contribution in [0.5, 0.6) is 0 Å². The van der Waals surface area contributed by atoms with Crippen LogP contribution in [-0.2, 0) is 9.84 Å². The van der Waals surface area contributed by atoms with E-state index in [0.29, 0.717) is 6.07 Å². The maximum absolute atomic E-state index is 14.0. The minimum absolute atomic E-state index is 0.154. The monoisotopic (exact) mass is 543 g/mol. The average Bonchev–Trinajstić information content (AvgIpc) is 2.53. The van der Waals surface area contributed by atoms with Gasteiger partial charge in [-0.25, -0.2) is 8.42 Å². The summed E-state index contributed by atoms with van der Waals surface area (Å²) < 4.78 is 116. The van der Waals surface area contributed by atoms with Gasteiger partial charge in [0.2, 0.25) is 0 Å². The van der Waals surface area contributed by atoms with E-state index in [4.69, 9.17) is 0 Å². The van der Waals surface area contributed by atoms with E-state index in [-0.39, 0.29) is 14.6 Å². The molecule has 2 aromatic rings. The van der Waals surface area contributed by atoms with Gasteiger partial charge in [-0.15, -0.1) is 0 Å². The molecule has 0 radical (unpaired) electrons. The third-order valence-corrected chi connectivity index (χ3v) is 6.20. The van der Waals surface area contributed by atoms with Crippen molar-refractivity contribution in [3.63, 3.8) is 0 Å². The molecule has 0 aliphatic rings. The molecule has 0 bridgehead atoms. The number of alkyl halides is 7. The minimum Gasteiger partial charge on any atom is -0.256 e. The Morgan fingerprint density at radius 2 is 1.52 bits per heavy atom. The predicted octanol–water partition coefficient (Wildman–Crippen LogP) is 5.84. The number of halogens is 9. The molecule has 0 saturated heterocycles. The van der Waals surface area contributed by atoms with E-state index in [9.17, 15) is 39.2 Å². The van der Waals surface area contributed by atoms with Crippen LogP contribution in [0.2, 0.25) is 0 Å². The predicted molar refractivity (Wildman–Crippen MR) is 88.2 cm³/mol. The number of sulfone groups is 1. The maximum atomic E-state index is 14.0. The Labute approximate surface area is 164 Å². The molecular weight excluding hydrogens is 539 g/mol. The van der Waals surface area contributed by atoms with Crippen molar-refractivity contribution in [1.29, 1.82) is 0 Å². The van der Waals surface area contributed by atoms with Crippen LogP contribution in [0, 0.1) is 0 Å². The van der Waals surface area contributed by atoms with Crippen LogP contribution in [0.25, 0.3) is 11.3 Å². The van der Waals surface area contributed by atoms with Gasteiger partial charge in [-0.1, -0.05) is 37.9 Å². The van der Waals surface area contributed by atoms with Crippen molar-refractivity contribution in [2.45, 2.75) is 22.2 Å². The number of nitrogens with zero attached hydrogens (tertiary/aromatic N) is 1. The van der Waals surface area contributed by atoms with E-state index >= 15 is 0 Å². The van der Waals surface area contributed by atoms with E-state index in [2.05, 4.69) is 36.8 Å². The van der Waals surface area contributed by atoms with Gasteiger partial charge >= 0.3 is 17.4 Å². The molecule has 0 aliphatic carbocycles. The van der Waals surface area contributed by atoms with Crippen LogP contribution in [0.3, 0.4) is 0 Å². The Balaban J connectivity index is 2.85. The van der Waals surface area contributed by atoms with Gasteiger partial charge in [0, 0.05) is 20.7 Å². The molecule has 1 aromatic carbocycles. The molecule has 1 aromatic heterocycles. The molecule has 0 amide bonds. The summed E-state index contributed by atoms with van der Waals surface area (Å²) in [6.45, 7) is 0. The lowest BCUT2D eigenvalue weighted by Gasteiger charge is -2.28. The molecule has 0 aliphatic heterocycles. The van der Waals surface area contributed by atoms with Crippen LogP contribution < -0.4 is 0 Å². The summed E-state index contributed by atoms with van der Waals surface area (Å²) in [7, 11) is -6.51. The van der Waals surface area contributed by atoms with Crippen LogP contribution in [0.1, 0.15) is 0 Å². The van der Waals surface area contributed by atoms with Gasteiger partial charge in [-0.3, -0.25) is 4.98 Å². The molecular formula is C14H6Br2F7NO2S. The van der Waals surface area contributed by atoms with Crippen molar-refractivity contribution >= 4 is 41.7 Å². The van der Waals surface area contributed by atoms with Gasteiger partial charge in [0.05, 0.1) is 10.6 Å². The Morgan fingerprint density at radius 1 is 0.926 bits per heavy atom. The largest absolute Gasteiger partial charge is 0.461 e. The maximum Gasteiger partial charge on any atom is 0.461 e. The second-order valence-electron chi connectivity index (χ2n) is 5.07. The summed E-state index contributed by atoms with van der Waals surface area (Å²) in [5.41, 5.74) is -0.821. The lowest BCUT2D eigenvalue weighted by atomic mass is 10.1. The SMILES string of the molecule is O=S(=O)(c1cc(Br)cc(Br)c1-c1ccccn1)C(F)(F)C(F)(F)C(F)(F)F. The highest BCUT2D eigenvalue weighted by Crippen LogP contribution is 2.52. The molecule has 3 nitrogen and oxygen atoms in total. The summed E-state index contributed by atoms with van der Waals surface area (Å²) in [4.78, 5) is 2.29. The van der Waals surface area contributed by atoms with Gasteiger partial charge in [0.1, 0.15) is 0 Å². The summed E-state index contributed by atoms with van der Waals surface area (Å²) in [5.74, 6) is -6.82. The third kappa shape index (κ3) is 3.60. The Hall–Kier alpha value is -1.21. The zero-order chi connectivity index (χ0) is 20.8. The number of aromatic nitrogens is 1. The number of hydrogen-bond acceptors (Lipinski definition) is 3. The van der Waals surface area contributed by atoms with Gasteiger partial charge in [-0.05, 0) is 24.3 Å². The van der Waals surface area contributed by atoms with Crippen molar-refractivity contribution in [2.24, 2.45) is 0 Å². The summed E-state index contributed by atoms with van der Waals surface area (Å²) in [6.07, 6.45) is -5.64. The molecule has 0 unspecified atom stereocenters. The van der Waals surface area contributed by atoms with Crippen molar-refractivity contribution in [3.05, 3.63) is 45.5 Å². The molecule has 0 atom stereocenters. The van der Waals surface area contributed by atoms with E-state index in [1.165, 1.54) is 24.3 Å². The summed E-state index contributed by atoms with van der Waals surface area (Å²) in [6, 6.07) is 5.62. The van der Waals surface area contributed by atoms with Crippen LogP contribution >= 0.6 is 31.9 Å². The first-order chi connectivity index (χ1) is 12.1. The molecule has 13 heteroatoms. The topological polar surface area (TPSA) is 47.0 Å². The van der Waals surface area contributed by atoms with E-state index in [0.717, 1.165) is 6.20 Å². The highest BCUT2D eigenvalue weighted by molar-refractivity contribution is 9.11. The van der Waals surface area contributed by atoms with Crippen LogP contribution in [0.4, 0.5) is 30.7 Å². The first-order valence-electron chi connectivity index (χ1n) is 6.62. The molecule has 0 saturated carbocycles.